The Kier molecular flexibility index (Phi) is 3.01. The van der Waals surface area contributed by atoms with E-state index in [0.717, 1.165) is 6.20 Å². The molecule has 0 unspecified atom stereocenters. The minimum atomic E-state index is -1.15. The summed E-state index contributed by atoms with van der Waals surface area (Å²) in [7, 11) is 0. The van der Waals surface area contributed by atoms with Crippen molar-refractivity contribution in [3.63, 3.8) is 0 Å². The van der Waals surface area contributed by atoms with E-state index in [1.165, 1.54) is 12.3 Å². The number of aliphatic carboxylic acids is 1. The number of nitrogens with one attached hydrogen (secondary N) is 1. The number of hydrogen-bond acceptors (Lipinski definition) is 4. The molecular weight excluding hydrogens is 188 g/mol. The number of carbonyl (C=O) groups excluding carboxylic acids is 1. The summed E-state index contributed by atoms with van der Waals surface area (Å²) in [5.41, 5.74) is 0.00116. The average Bonchev–Trinajstić information content (AvgIpc) is 2.15. The summed E-state index contributed by atoms with van der Waals surface area (Å²) < 4.78 is 0. The first-order chi connectivity index (χ1) is 6.61. The second-order valence-corrected chi connectivity index (χ2v) is 2.47. The SMILES string of the molecule is O=C(O)CNC(=O)c1ccncc1O. The normalized spacial score (nSPS) is 9.43. The highest BCUT2D eigenvalue weighted by Gasteiger charge is 2.10. The molecule has 14 heavy (non-hydrogen) atoms. The molecule has 0 aliphatic rings. The van der Waals surface area contributed by atoms with E-state index in [1.807, 2.05) is 0 Å². The lowest BCUT2D eigenvalue weighted by Gasteiger charge is -2.03. The molecule has 0 radical (unpaired) electrons. The van der Waals surface area contributed by atoms with Crippen LogP contribution in [-0.4, -0.2) is 33.6 Å². The molecule has 74 valence electrons. The van der Waals surface area contributed by atoms with E-state index in [0.29, 0.717) is 0 Å². The van der Waals surface area contributed by atoms with Crippen LogP contribution in [0.25, 0.3) is 0 Å². The third kappa shape index (κ3) is 2.44. The first kappa shape index (κ1) is 9.97. The Labute approximate surface area is 79.2 Å². The van der Waals surface area contributed by atoms with Crippen molar-refractivity contribution in [2.45, 2.75) is 0 Å². The molecule has 1 rings (SSSR count). The zero-order valence-corrected chi connectivity index (χ0v) is 7.10. The highest BCUT2D eigenvalue weighted by Crippen LogP contribution is 2.12. The Balaban J connectivity index is 2.70. The van der Waals surface area contributed by atoms with Gasteiger partial charge in [-0.25, -0.2) is 0 Å². The van der Waals surface area contributed by atoms with Gasteiger partial charge in [0.1, 0.15) is 12.3 Å². The molecule has 1 heterocycles. The number of carboxylic acids is 1. The second-order valence-electron chi connectivity index (χ2n) is 2.47. The van der Waals surface area contributed by atoms with Crippen LogP contribution in [0.15, 0.2) is 18.5 Å². The molecule has 0 aromatic carbocycles. The largest absolute Gasteiger partial charge is 0.505 e. The number of amides is 1. The van der Waals surface area contributed by atoms with Crippen molar-refractivity contribution in [2.24, 2.45) is 0 Å². The minimum Gasteiger partial charge on any atom is -0.505 e. The van der Waals surface area contributed by atoms with E-state index in [9.17, 15) is 14.7 Å². The fourth-order valence-corrected chi connectivity index (χ4v) is 0.829. The van der Waals surface area contributed by atoms with Crippen LogP contribution < -0.4 is 5.32 Å². The van der Waals surface area contributed by atoms with E-state index < -0.39 is 18.4 Å². The van der Waals surface area contributed by atoms with Crippen LogP contribution in [0.2, 0.25) is 0 Å². The Morgan fingerprint density at radius 3 is 2.79 bits per heavy atom. The van der Waals surface area contributed by atoms with E-state index in [1.54, 1.807) is 0 Å². The average molecular weight is 196 g/mol. The van der Waals surface area contributed by atoms with Crippen molar-refractivity contribution in [1.29, 1.82) is 0 Å². The first-order valence-corrected chi connectivity index (χ1v) is 3.74. The molecule has 6 nitrogen and oxygen atoms in total. The first-order valence-electron chi connectivity index (χ1n) is 3.74. The molecule has 3 N–H and O–H groups in total. The third-order valence-electron chi connectivity index (χ3n) is 1.44. The van der Waals surface area contributed by atoms with Gasteiger partial charge in [-0.1, -0.05) is 0 Å². The maximum absolute atomic E-state index is 11.2. The van der Waals surface area contributed by atoms with Crippen LogP contribution in [0.5, 0.6) is 5.75 Å². The van der Waals surface area contributed by atoms with Gasteiger partial charge in [-0.15, -0.1) is 0 Å². The summed E-state index contributed by atoms with van der Waals surface area (Å²) in [6, 6.07) is 1.30. The monoisotopic (exact) mass is 196 g/mol. The van der Waals surface area contributed by atoms with Crippen LogP contribution in [-0.2, 0) is 4.79 Å². The van der Waals surface area contributed by atoms with E-state index in [2.05, 4.69) is 10.3 Å². The number of nitrogens with zero attached hydrogens (tertiary/aromatic N) is 1. The maximum atomic E-state index is 11.2. The van der Waals surface area contributed by atoms with E-state index in [4.69, 9.17) is 5.11 Å². The predicted molar refractivity (Wildman–Crippen MR) is 45.9 cm³/mol. The third-order valence-corrected chi connectivity index (χ3v) is 1.44. The number of carboxylic acid groups (broad SMARTS) is 1. The van der Waals surface area contributed by atoms with Gasteiger partial charge in [0.2, 0.25) is 0 Å². The van der Waals surface area contributed by atoms with Gasteiger partial charge >= 0.3 is 5.97 Å². The molecule has 0 fully saturated rings. The Morgan fingerprint density at radius 2 is 2.21 bits per heavy atom. The van der Waals surface area contributed by atoms with Crippen molar-refractivity contribution in [3.05, 3.63) is 24.0 Å². The molecular formula is C8H8N2O4. The van der Waals surface area contributed by atoms with Gasteiger partial charge in [0.25, 0.3) is 5.91 Å². The summed E-state index contributed by atoms with van der Waals surface area (Å²) in [4.78, 5) is 24.9. The van der Waals surface area contributed by atoms with Crippen LogP contribution in [0.1, 0.15) is 10.4 Å². The van der Waals surface area contributed by atoms with Gasteiger partial charge in [0.15, 0.2) is 0 Å². The highest BCUT2D eigenvalue weighted by atomic mass is 16.4. The van der Waals surface area contributed by atoms with Gasteiger partial charge in [-0.2, -0.15) is 0 Å². The van der Waals surface area contributed by atoms with Gasteiger partial charge in [0, 0.05) is 6.20 Å². The number of aromatic hydroxyl groups is 1. The van der Waals surface area contributed by atoms with Gasteiger partial charge in [-0.3, -0.25) is 14.6 Å². The molecule has 6 heteroatoms. The summed E-state index contributed by atoms with van der Waals surface area (Å²) >= 11 is 0. The Bertz CT molecular complexity index is 364. The molecule has 0 saturated carbocycles. The lowest BCUT2D eigenvalue weighted by Crippen LogP contribution is -2.29. The lowest BCUT2D eigenvalue weighted by atomic mass is 10.2. The van der Waals surface area contributed by atoms with Crippen LogP contribution in [0, 0.1) is 0 Å². The summed E-state index contributed by atoms with van der Waals surface area (Å²) in [5.74, 6) is -2.07. The number of carbonyl (C=O) groups is 2. The van der Waals surface area contributed by atoms with Crippen LogP contribution in [0.3, 0.4) is 0 Å². The fourth-order valence-electron chi connectivity index (χ4n) is 0.829. The van der Waals surface area contributed by atoms with E-state index >= 15 is 0 Å². The van der Waals surface area contributed by atoms with Gasteiger partial charge < -0.3 is 15.5 Å². The predicted octanol–water partition coefficient (Wildman–Crippen LogP) is -0.398. The molecule has 0 saturated heterocycles. The summed E-state index contributed by atoms with van der Waals surface area (Å²) in [6.45, 7) is -0.486. The molecule has 0 spiro atoms. The zero-order valence-electron chi connectivity index (χ0n) is 7.10. The zero-order chi connectivity index (χ0) is 10.6. The minimum absolute atomic E-state index is 0.00116. The van der Waals surface area contributed by atoms with Crippen molar-refractivity contribution in [3.8, 4) is 5.75 Å². The molecule has 1 aromatic heterocycles. The summed E-state index contributed by atoms with van der Waals surface area (Å²) in [5, 5.41) is 19.6. The number of aromatic nitrogens is 1. The highest BCUT2D eigenvalue weighted by molar-refractivity contribution is 5.97. The van der Waals surface area contributed by atoms with Crippen LogP contribution in [0.4, 0.5) is 0 Å². The maximum Gasteiger partial charge on any atom is 0.322 e. The molecule has 0 bridgehead atoms. The fraction of sp³-hybridized carbons (Fsp3) is 0.125. The number of rotatable bonds is 3. The number of pyridine rings is 1. The molecule has 1 aromatic rings. The topological polar surface area (TPSA) is 99.5 Å². The van der Waals surface area contributed by atoms with Crippen LogP contribution >= 0.6 is 0 Å². The van der Waals surface area contributed by atoms with E-state index in [-0.39, 0.29) is 11.3 Å². The van der Waals surface area contributed by atoms with Crippen molar-refractivity contribution in [2.75, 3.05) is 6.54 Å². The van der Waals surface area contributed by atoms with Crippen molar-refractivity contribution < 1.29 is 19.8 Å². The van der Waals surface area contributed by atoms with Crippen molar-refractivity contribution >= 4 is 11.9 Å². The van der Waals surface area contributed by atoms with Gasteiger partial charge in [-0.05, 0) is 6.07 Å². The number of hydrogen-bond donors (Lipinski definition) is 3. The smallest absolute Gasteiger partial charge is 0.322 e. The molecule has 0 aliphatic carbocycles. The van der Waals surface area contributed by atoms with Gasteiger partial charge in [0.05, 0.1) is 11.8 Å². The molecule has 0 aliphatic heterocycles. The summed E-state index contributed by atoms with van der Waals surface area (Å²) in [6.07, 6.45) is 2.44. The second kappa shape index (κ2) is 4.22. The molecule has 0 atom stereocenters. The molecule has 1 amide bonds. The standard InChI is InChI=1S/C8H8N2O4/c11-6-3-9-2-1-5(6)8(14)10-4-7(12)13/h1-3,11H,4H2,(H,10,14)(H,12,13). The quantitative estimate of drug-likeness (QED) is 0.610. The lowest BCUT2D eigenvalue weighted by molar-refractivity contribution is -0.135. The Hall–Kier alpha value is -2.11. The Morgan fingerprint density at radius 1 is 1.50 bits per heavy atom. The van der Waals surface area contributed by atoms with Crippen molar-refractivity contribution in [1.82, 2.24) is 10.3 Å².